The number of rotatable bonds is 2. The highest BCUT2D eigenvalue weighted by atomic mass is 16.6. The van der Waals surface area contributed by atoms with Crippen molar-refractivity contribution in [2.75, 3.05) is 14.2 Å². The van der Waals surface area contributed by atoms with Gasteiger partial charge in [-0.2, -0.15) is 0 Å². The number of hydrogen-bond donors (Lipinski definition) is 1. The van der Waals surface area contributed by atoms with Crippen molar-refractivity contribution in [2.24, 2.45) is 0 Å². The summed E-state index contributed by atoms with van der Waals surface area (Å²) in [7, 11) is 3.15. The van der Waals surface area contributed by atoms with E-state index in [-0.39, 0.29) is 18.3 Å². The van der Waals surface area contributed by atoms with Crippen LogP contribution in [0, 0.1) is 0 Å². The van der Waals surface area contributed by atoms with Crippen molar-refractivity contribution < 1.29 is 19.3 Å². The number of methoxy groups -OCH3 is 2. The molecule has 4 atom stereocenters. The average molecular weight is 176 g/mol. The highest BCUT2D eigenvalue weighted by Crippen LogP contribution is 2.22. The average Bonchev–Trinajstić information content (AvgIpc) is 2.03. The first-order valence-electron chi connectivity index (χ1n) is 4.08. The van der Waals surface area contributed by atoms with E-state index in [2.05, 4.69) is 0 Å². The fraction of sp³-hybridized carbons (Fsp3) is 1.00. The summed E-state index contributed by atoms with van der Waals surface area (Å²) in [4.78, 5) is 0. The fourth-order valence-corrected chi connectivity index (χ4v) is 1.51. The Bertz CT molecular complexity index is 139. The SMILES string of the molecule is CO[C@H]1[C@H](O)O[C@@H](C)C[C@H]1OC. The highest BCUT2D eigenvalue weighted by Gasteiger charge is 2.36. The summed E-state index contributed by atoms with van der Waals surface area (Å²) in [6, 6.07) is 0. The van der Waals surface area contributed by atoms with E-state index in [4.69, 9.17) is 14.2 Å². The molecule has 0 spiro atoms. The maximum atomic E-state index is 9.41. The van der Waals surface area contributed by atoms with E-state index in [0.717, 1.165) is 6.42 Å². The third kappa shape index (κ3) is 1.95. The number of aliphatic hydroxyl groups is 1. The van der Waals surface area contributed by atoms with Gasteiger partial charge in [0.15, 0.2) is 6.29 Å². The first-order valence-corrected chi connectivity index (χ1v) is 4.08. The molecule has 0 bridgehead atoms. The Morgan fingerprint density at radius 3 is 2.50 bits per heavy atom. The number of aliphatic hydroxyl groups excluding tert-OH is 1. The third-order valence-electron chi connectivity index (χ3n) is 2.16. The van der Waals surface area contributed by atoms with E-state index in [1.165, 1.54) is 0 Å². The van der Waals surface area contributed by atoms with Crippen molar-refractivity contribution in [1.82, 2.24) is 0 Å². The zero-order chi connectivity index (χ0) is 9.14. The molecule has 4 heteroatoms. The smallest absolute Gasteiger partial charge is 0.183 e. The second kappa shape index (κ2) is 4.18. The molecule has 72 valence electrons. The molecule has 1 fully saturated rings. The molecule has 1 aliphatic heterocycles. The van der Waals surface area contributed by atoms with E-state index in [0.29, 0.717) is 0 Å². The molecule has 0 radical (unpaired) electrons. The number of ether oxygens (including phenoxy) is 3. The summed E-state index contributed by atoms with van der Waals surface area (Å²) < 4.78 is 15.4. The Hall–Kier alpha value is -0.160. The van der Waals surface area contributed by atoms with Crippen molar-refractivity contribution >= 4 is 0 Å². The topological polar surface area (TPSA) is 47.9 Å². The predicted molar refractivity (Wildman–Crippen MR) is 42.8 cm³/mol. The molecular formula is C8H16O4. The molecular weight excluding hydrogens is 160 g/mol. The van der Waals surface area contributed by atoms with Gasteiger partial charge in [0.25, 0.3) is 0 Å². The van der Waals surface area contributed by atoms with Crippen molar-refractivity contribution in [3.05, 3.63) is 0 Å². The molecule has 0 saturated carbocycles. The summed E-state index contributed by atoms with van der Waals surface area (Å²) >= 11 is 0. The van der Waals surface area contributed by atoms with E-state index >= 15 is 0 Å². The van der Waals surface area contributed by atoms with Crippen molar-refractivity contribution in [3.8, 4) is 0 Å². The van der Waals surface area contributed by atoms with Crippen LogP contribution < -0.4 is 0 Å². The van der Waals surface area contributed by atoms with Gasteiger partial charge >= 0.3 is 0 Å². The minimum Gasteiger partial charge on any atom is -0.378 e. The van der Waals surface area contributed by atoms with Gasteiger partial charge in [-0.3, -0.25) is 0 Å². The molecule has 0 aliphatic carbocycles. The molecule has 1 aliphatic rings. The Morgan fingerprint density at radius 1 is 1.33 bits per heavy atom. The van der Waals surface area contributed by atoms with Crippen LogP contribution in [0.1, 0.15) is 13.3 Å². The summed E-state index contributed by atoms with van der Waals surface area (Å²) in [5, 5.41) is 9.41. The van der Waals surface area contributed by atoms with Gasteiger partial charge in [-0.25, -0.2) is 0 Å². The lowest BCUT2D eigenvalue weighted by Crippen LogP contribution is -2.49. The second-order valence-corrected chi connectivity index (χ2v) is 3.05. The van der Waals surface area contributed by atoms with E-state index in [1.54, 1.807) is 14.2 Å². The molecule has 0 unspecified atom stereocenters. The normalized spacial score (nSPS) is 43.0. The lowest BCUT2D eigenvalue weighted by atomic mass is 10.0. The van der Waals surface area contributed by atoms with E-state index in [1.807, 2.05) is 6.92 Å². The van der Waals surface area contributed by atoms with Gasteiger partial charge in [0.05, 0.1) is 12.2 Å². The molecule has 1 N–H and O–H groups in total. The Kier molecular flexibility index (Phi) is 3.46. The fourth-order valence-electron chi connectivity index (χ4n) is 1.51. The molecule has 0 amide bonds. The van der Waals surface area contributed by atoms with Crippen LogP contribution in [0.5, 0.6) is 0 Å². The van der Waals surface area contributed by atoms with Crippen molar-refractivity contribution in [2.45, 2.75) is 37.9 Å². The van der Waals surface area contributed by atoms with Crippen LogP contribution in [0.15, 0.2) is 0 Å². The molecule has 0 aromatic heterocycles. The first kappa shape index (κ1) is 9.92. The van der Waals surface area contributed by atoms with Crippen LogP contribution in [0.4, 0.5) is 0 Å². The van der Waals surface area contributed by atoms with Crippen LogP contribution in [0.2, 0.25) is 0 Å². The minimum absolute atomic E-state index is 0.0244. The lowest BCUT2D eigenvalue weighted by molar-refractivity contribution is -0.254. The van der Waals surface area contributed by atoms with Gasteiger partial charge in [0.2, 0.25) is 0 Å². The summed E-state index contributed by atoms with van der Waals surface area (Å²) in [5.41, 5.74) is 0. The van der Waals surface area contributed by atoms with Gasteiger partial charge in [0.1, 0.15) is 6.10 Å². The van der Waals surface area contributed by atoms with Gasteiger partial charge in [-0.05, 0) is 6.92 Å². The zero-order valence-corrected chi connectivity index (χ0v) is 7.69. The molecule has 1 rings (SSSR count). The molecule has 4 nitrogen and oxygen atoms in total. The molecule has 0 aromatic carbocycles. The van der Waals surface area contributed by atoms with E-state index < -0.39 is 6.29 Å². The minimum atomic E-state index is -0.872. The number of hydrogen-bond acceptors (Lipinski definition) is 4. The maximum absolute atomic E-state index is 9.41. The Morgan fingerprint density at radius 2 is 2.00 bits per heavy atom. The van der Waals surface area contributed by atoms with Crippen LogP contribution >= 0.6 is 0 Å². The molecule has 0 aromatic rings. The van der Waals surface area contributed by atoms with Gasteiger partial charge in [-0.1, -0.05) is 0 Å². The Labute approximate surface area is 72.4 Å². The first-order chi connectivity index (χ1) is 5.69. The van der Waals surface area contributed by atoms with Crippen molar-refractivity contribution in [1.29, 1.82) is 0 Å². The van der Waals surface area contributed by atoms with Crippen molar-refractivity contribution in [3.63, 3.8) is 0 Å². The van der Waals surface area contributed by atoms with Gasteiger partial charge in [0, 0.05) is 20.6 Å². The van der Waals surface area contributed by atoms with Crippen LogP contribution in [-0.4, -0.2) is 43.9 Å². The monoisotopic (exact) mass is 176 g/mol. The zero-order valence-electron chi connectivity index (χ0n) is 7.69. The molecule has 1 heterocycles. The Balaban J connectivity index is 2.56. The van der Waals surface area contributed by atoms with Crippen LogP contribution in [0.3, 0.4) is 0 Å². The van der Waals surface area contributed by atoms with Gasteiger partial charge in [-0.15, -0.1) is 0 Å². The lowest BCUT2D eigenvalue weighted by Gasteiger charge is -2.36. The largest absolute Gasteiger partial charge is 0.378 e. The van der Waals surface area contributed by atoms with Gasteiger partial charge < -0.3 is 19.3 Å². The van der Waals surface area contributed by atoms with Crippen LogP contribution in [0.25, 0.3) is 0 Å². The summed E-state index contributed by atoms with van der Waals surface area (Å²) in [5.74, 6) is 0. The standard InChI is InChI=1S/C8H16O4/c1-5-4-6(10-2)7(11-3)8(9)12-5/h5-9H,4H2,1-3H3/t5-,6+,7+,8+/m0/s1. The maximum Gasteiger partial charge on any atom is 0.183 e. The third-order valence-corrected chi connectivity index (χ3v) is 2.16. The summed E-state index contributed by atoms with van der Waals surface area (Å²) in [6.07, 6.45) is -0.536. The van der Waals surface area contributed by atoms with Crippen LogP contribution in [-0.2, 0) is 14.2 Å². The second-order valence-electron chi connectivity index (χ2n) is 3.05. The predicted octanol–water partition coefficient (Wildman–Crippen LogP) is 0.144. The van der Waals surface area contributed by atoms with E-state index in [9.17, 15) is 5.11 Å². The summed E-state index contributed by atoms with van der Waals surface area (Å²) in [6.45, 7) is 1.90. The highest BCUT2D eigenvalue weighted by molar-refractivity contribution is 4.80. The molecule has 1 saturated heterocycles. The molecule has 12 heavy (non-hydrogen) atoms. The quantitative estimate of drug-likeness (QED) is 0.650.